The Labute approximate surface area is 112 Å². The molecule has 3 aliphatic heterocycles. The molecule has 3 atom stereocenters. The second kappa shape index (κ2) is 5.89. The lowest BCUT2D eigenvalue weighted by Crippen LogP contribution is -2.50. The van der Waals surface area contributed by atoms with Crippen LogP contribution in [0, 0.1) is 0 Å². The highest BCUT2D eigenvalue weighted by Crippen LogP contribution is 2.29. The van der Waals surface area contributed by atoms with Gasteiger partial charge in [-0.25, -0.2) is 0 Å². The lowest BCUT2D eigenvalue weighted by Gasteiger charge is -2.41. The molecule has 3 fully saturated rings. The third-order valence-corrected chi connectivity index (χ3v) is 5.27. The molecule has 0 aromatic heterocycles. The van der Waals surface area contributed by atoms with Crippen LogP contribution in [-0.4, -0.2) is 60.6 Å². The standard InChI is InChI=1S/C15H29N3/c1-13-5-10-18(9-3-7-16-13)15-6-11-17-8-2-4-14(17)12-15/h13-16H,2-12H2,1H3. The summed E-state index contributed by atoms with van der Waals surface area (Å²) in [5.74, 6) is 0. The van der Waals surface area contributed by atoms with E-state index < -0.39 is 0 Å². The van der Waals surface area contributed by atoms with Crippen molar-refractivity contribution >= 4 is 0 Å². The number of piperidine rings is 1. The fourth-order valence-electron chi connectivity index (χ4n) is 4.10. The lowest BCUT2D eigenvalue weighted by molar-refractivity contribution is 0.0801. The van der Waals surface area contributed by atoms with Crippen molar-refractivity contribution in [2.24, 2.45) is 0 Å². The predicted molar refractivity (Wildman–Crippen MR) is 75.9 cm³/mol. The monoisotopic (exact) mass is 251 g/mol. The molecule has 3 saturated heterocycles. The number of fused-ring (bicyclic) bond motifs is 1. The second-order valence-electron chi connectivity index (χ2n) is 6.54. The molecule has 3 aliphatic rings. The van der Waals surface area contributed by atoms with E-state index in [2.05, 4.69) is 22.0 Å². The quantitative estimate of drug-likeness (QED) is 0.765. The van der Waals surface area contributed by atoms with Crippen LogP contribution in [0.4, 0.5) is 0 Å². The van der Waals surface area contributed by atoms with Gasteiger partial charge < -0.3 is 15.1 Å². The van der Waals surface area contributed by atoms with Crippen molar-refractivity contribution in [2.45, 2.75) is 63.6 Å². The average molecular weight is 251 g/mol. The van der Waals surface area contributed by atoms with Crippen molar-refractivity contribution < 1.29 is 0 Å². The first-order valence-electron chi connectivity index (χ1n) is 8.04. The summed E-state index contributed by atoms with van der Waals surface area (Å²) in [7, 11) is 0. The smallest absolute Gasteiger partial charge is 0.0122 e. The van der Waals surface area contributed by atoms with E-state index in [4.69, 9.17) is 0 Å². The Balaban J connectivity index is 1.56. The molecule has 104 valence electrons. The molecule has 3 nitrogen and oxygen atoms in total. The van der Waals surface area contributed by atoms with Crippen LogP contribution in [0.1, 0.15) is 45.4 Å². The largest absolute Gasteiger partial charge is 0.314 e. The average Bonchev–Trinajstić information content (AvgIpc) is 2.81. The summed E-state index contributed by atoms with van der Waals surface area (Å²) in [6, 6.07) is 2.51. The van der Waals surface area contributed by atoms with Crippen molar-refractivity contribution in [1.29, 1.82) is 0 Å². The normalized spacial score (nSPS) is 40.2. The van der Waals surface area contributed by atoms with Crippen molar-refractivity contribution in [2.75, 3.05) is 32.7 Å². The fraction of sp³-hybridized carbons (Fsp3) is 1.00. The Morgan fingerprint density at radius 1 is 0.833 bits per heavy atom. The molecule has 3 heteroatoms. The van der Waals surface area contributed by atoms with Gasteiger partial charge in [0, 0.05) is 18.1 Å². The zero-order valence-electron chi connectivity index (χ0n) is 11.9. The third-order valence-electron chi connectivity index (χ3n) is 5.27. The molecule has 18 heavy (non-hydrogen) atoms. The molecule has 0 spiro atoms. The van der Waals surface area contributed by atoms with Gasteiger partial charge >= 0.3 is 0 Å². The molecule has 0 saturated carbocycles. The first-order chi connectivity index (χ1) is 8.83. The molecular weight excluding hydrogens is 222 g/mol. The van der Waals surface area contributed by atoms with Gasteiger partial charge in [-0.3, -0.25) is 0 Å². The Kier molecular flexibility index (Phi) is 4.22. The minimum absolute atomic E-state index is 0.708. The van der Waals surface area contributed by atoms with Gasteiger partial charge in [0.25, 0.3) is 0 Å². The van der Waals surface area contributed by atoms with Gasteiger partial charge in [-0.1, -0.05) is 0 Å². The molecule has 0 amide bonds. The maximum atomic E-state index is 3.61. The number of nitrogens with one attached hydrogen (secondary N) is 1. The van der Waals surface area contributed by atoms with Gasteiger partial charge in [-0.05, 0) is 78.2 Å². The summed E-state index contributed by atoms with van der Waals surface area (Å²) >= 11 is 0. The Bertz CT molecular complexity index is 268. The third kappa shape index (κ3) is 2.89. The number of nitrogens with zero attached hydrogens (tertiary/aromatic N) is 2. The molecule has 1 N–H and O–H groups in total. The van der Waals surface area contributed by atoms with Crippen molar-refractivity contribution in [1.82, 2.24) is 15.1 Å². The lowest BCUT2D eigenvalue weighted by atomic mass is 9.95. The summed E-state index contributed by atoms with van der Waals surface area (Å²) in [5, 5.41) is 3.61. The van der Waals surface area contributed by atoms with Crippen LogP contribution < -0.4 is 5.32 Å². The van der Waals surface area contributed by atoms with Crippen molar-refractivity contribution in [3.05, 3.63) is 0 Å². The van der Waals surface area contributed by atoms with Crippen LogP contribution in [0.3, 0.4) is 0 Å². The topological polar surface area (TPSA) is 18.5 Å². The number of hydrogen-bond acceptors (Lipinski definition) is 3. The first kappa shape index (κ1) is 12.9. The number of rotatable bonds is 1. The Morgan fingerprint density at radius 2 is 1.56 bits per heavy atom. The van der Waals surface area contributed by atoms with E-state index in [1.165, 1.54) is 71.2 Å². The van der Waals surface area contributed by atoms with Crippen molar-refractivity contribution in [3.8, 4) is 0 Å². The molecule has 3 unspecified atom stereocenters. The van der Waals surface area contributed by atoms with E-state index in [0.717, 1.165) is 12.1 Å². The zero-order chi connectivity index (χ0) is 12.4. The first-order valence-corrected chi connectivity index (χ1v) is 8.04. The van der Waals surface area contributed by atoms with Crippen LogP contribution >= 0.6 is 0 Å². The van der Waals surface area contributed by atoms with E-state index >= 15 is 0 Å². The van der Waals surface area contributed by atoms with E-state index in [1.807, 2.05) is 0 Å². The minimum atomic E-state index is 0.708. The summed E-state index contributed by atoms with van der Waals surface area (Å²) in [6.07, 6.45) is 8.42. The Morgan fingerprint density at radius 3 is 2.44 bits per heavy atom. The zero-order valence-corrected chi connectivity index (χ0v) is 11.9. The van der Waals surface area contributed by atoms with Crippen molar-refractivity contribution in [3.63, 3.8) is 0 Å². The van der Waals surface area contributed by atoms with Gasteiger partial charge in [0.1, 0.15) is 0 Å². The highest BCUT2D eigenvalue weighted by atomic mass is 15.2. The predicted octanol–water partition coefficient (Wildman–Crippen LogP) is 1.69. The maximum absolute atomic E-state index is 3.61. The summed E-state index contributed by atoms with van der Waals surface area (Å²) in [6.45, 7) is 8.91. The van der Waals surface area contributed by atoms with Gasteiger partial charge in [-0.2, -0.15) is 0 Å². The molecule has 3 heterocycles. The van der Waals surface area contributed by atoms with E-state index in [9.17, 15) is 0 Å². The summed E-state index contributed by atoms with van der Waals surface area (Å²) in [5.41, 5.74) is 0. The molecule has 0 radical (unpaired) electrons. The maximum Gasteiger partial charge on any atom is 0.0122 e. The second-order valence-corrected chi connectivity index (χ2v) is 6.54. The van der Waals surface area contributed by atoms with E-state index in [0.29, 0.717) is 6.04 Å². The van der Waals surface area contributed by atoms with Crippen LogP contribution in [0.2, 0.25) is 0 Å². The SMILES string of the molecule is CC1CCN(C2CCN3CCCC3C2)CCCN1. The summed E-state index contributed by atoms with van der Waals surface area (Å²) < 4.78 is 0. The molecule has 0 aromatic rings. The molecule has 0 aliphatic carbocycles. The van der Waals surface area contributed by atoms with Gasteiger partial charge in [0.15, 0.2) is 0 Å². The van der Waals surface area contributed by atoms with Gasteiger partial charge in [-0.15, -0.1) is 0 Å². The highest BCUT2D eigenvalue weighted by molar-refractivity contribution is 4.90. The highest BCUT2D eigenvalue weighted by Gasteiger charge is 2.34. The molecular formula is C15H29N3. The number of hydrogen-bond donors (Lipinski definition) is 1. The fourth-order valence-corrected chi connectivity index (χ4v) is 4.10. The van der Waals surface area contributed by atoms with Crippen LogP contribution in [0.25, 0.3) is 0 Å². The summed E-state index contributed by atoms with van der Waals surface area (Å²) in [4.78, 5) is 5.55. The van der Waals surface area contributed by atoms with E-state index in [1.54, 1.807) is 0 Å². The molecule has 0 aromatic carbocycles. The molecule has 0 bridgehead atoms. The van der Waals surface area contributed by atoms with E-state index in [-0.39, 0.29) is 0 Å². The van der Waals surface area contributed by atoms with Gasteiger partial charge in [0.2, 0.25) is 0 Å². The van der Waals surface area contributed by atoms with Crippen LogP contribution in [0.15, 0.2) is 0 Å². The minimum Gasteiger partial charge on any atom is -0.314 e. The van der Waals surface area contributed by atoms with Gasteiger partial charge in [0.05, 0.1) is 0 Å². The van der Waals surface area contributed by atoms with Crippen LogP contribution in [0.5, 0.6) is 0 Å². The molecule has 3 rings (SSSR count). The Hall–Kier alpha value is -0.120. The van der Waals surface area contributed by atoms with Crippen LogP contribution in [-0.2, 0) is 0 Å².